The number of hydrogen-bond acceptors (Lipinski definition) is 4. The van der Waals surface area contributed by atoms with Crippen LogP contribution in [0.25, 0.3) is 5.65 Å². The summed E-state index contributed by atoms with van der Waals surface area (Å²) in [6.07, 6.45) is -3.70. The van der Waals surface area contributed by atoms with E-state index in [-0.39, 0.29) is 16.7 Å². The normalized spacial score (nSPS) is 12.0. The van der Waals surface area contributed by atoms with Crippen molar-refractivity contribution in [3.05, 3.63) is 34.9 Å². The van der Waals surface area contributed by atoms with Crippen LogP contribution in [0, 0.1) is 6.92 Å². The predicted octanol–water partition coefficient (Wildman–Crippen LogP) is 3.18. The van der Waals surface area contributed by atoms with Gasteiger partial charge in [0.1, 0.15) is 10.8 Å². The van der Waals surface area contributed by atoms with Crippen molar-refractivity contribution in [2.75, 3.05) is 5.32 Å². The van der Waals surface area contributed by atoms with E-state index < -0.39 is 11.9 Å². The van der Waals surface area contributed by atoms with Crippen LogP contribution in [0.1, 0.15) is 11.4 Å². The summed E-state index contributed by atoms with van der Waals surface area (Å²) >= 11 is 5.80. The first kappa shape index (κ1) is 13.7. The number of nitrogens with one attached hydrogen (secondary N) is 2. The molecule has 0 unspecified atom stereocenters. The Morgan fingerprint density at radius 1 is 1.29 bits per heavy atom. The van der Waals surface area contributed by atoms with Crippen LogP contribution in [0.4, 0.5) is 24.9 Å². The number of hydrogen-bond donors (Lipinski definition) is 2. The third-order valence-electron chi connectivity index (χ3n) is 2.66. The molecule has 10 heteroatoms. The molecule has 0 saturated heterocycles. The van der Waals surface area contributed by atoms with Crippen molar-refractivity contribution in [2.24, 2.45) is 0 Å². The predicted molar refractivity (Wildman–Crippen MR) is 69.6 cm³/mol. The minimum absolute atomic E-state index is 0.0246. The van der Waals surface area contributed by atoms with Crippen molar-refractivity contribution in [3.63, 3.8) is 0 Å². The van der Waals surface area contributed by atoms with E-state index in [4.69, 9.17) is 11.6 Å². The van der Waals surface area contributed by atoms with Crippen LogP contribution in [0.2, 0.25) is 5.15 Å². The van der Waals surface area contributed by atoms with Gasteiger partial charge in [0.2, 0.25) is 5.95 Å². The Labute approximate surface area is 121 Å². The Hall–Kier alpha value is -2.29. The van der Waals surface area contributed by atoms with Crippen LogP contribution in [0.5, 0.6) is 0 Å². The lowest BCUT2D eigenvalue weighted by molar-refractivity contribution is -0.140. The summed E-state index contributed by atoms with van der Waals surface area (Å²) in [5, 5.41) is 9.45. The van der Waals surface area contributed by atoms with E-state index >= 15 is 0 Å². The summed E-state index contributed by atoms with van der Waals surface area (Å²) in [4.78, 5) is 7.45. The molecule has 0 fully saturated rings. The lowest BCUT2D eigenvalue weighted by atomic mass is 10.5. The number of alkyl halides is 3. The SMILES string of the molecule is Cc1cc(Nc2nc(Cl)cc3nc(C(F)(F)F)cn23)n[nH]1. The molecule has 0 atom stereocenters. The Balaban J connectivity index is 2.10. The van der Waals surface area contributed by atoms with E-state index in [1.807, 2.05) is 0 Å². The van der Waals surface area contributed by atoms with Gasteiger partial charge < -0.3 is 5.32 Å². The number of imidazole rings is 1. The maximum Gasteiger partial charge on any atom is 0.434 e. The molecule has 0 aromatic carbocycles. The highest BCUT2D eigenvalue weighted by Gasteiger charge is 2.34. The van der Waals surface area contributed by atoms with Gasteiger partial charge >= 0.3 is 6.18 Å². The minimum Gasteiger partial charge on any atom is -0.308 e. The maximum atomic E-state index is 12.7. The van der Waals surface area contributed by atoms with Crippen molar-refractivity contribution in [3.8, 4) is 0 Å². The van der Waals surface area contributed by atoms with Gasteiger partial charge in [0.15, 0.2) is 11.5 Å². The fraction of sp³-hybridized carbons (Fsp3) is 0.182. The molecule has 21 heavy (non-hydrogen) atoms. The lowest BCUT2D eigenvalue weighted by Crippen LogP contribution is -2.04. The number of aromatic amines is 1. The van der Waals surface area contributed by atoms with Crippen LogP contribution >= 0.6 is 11.6 Å². The molecule has 0 radical (unpaired) electrons. The van der Waals surface area contributed by atoms with Gasteiger partial charge in [-0.1, -0.05) is 11.6 Å². The second kappa shape index (κ2) is 4.62. The average Bonchev–Trinajstić information content (AvgIpc) is 2.94. The van der Waals surface area contributed by atoms with Crippen LogP contribution in [-0.4, -0.2) is 24.6 Å². The summed E-state index contributed by atoms with van der Waals surface area (Å²) in [7, 11) is 0. The highest BCUT2D eigenvalue weighted by atomic mass is 35.5. The van der Waals surface area contributed by atoms with Gasteiger partial charge in [0.25, 0.3) is 0 Å². The topological polar surface area (TPSA) is 70.9 Å². The van der Waals surface area contributed by atoms with E-state index in [1.165, 1.54) is 10.5 Å². The standard InChI is InChI=1S/C11H8ClF3N6/c1-5-2-8(20-19-5)18-10-17-7(12)3-9-16-6(4-21(9)10)11(13,14)15/h2-4H,1H3,(H2,17,18,19,20). The van der Waals surface area contributed by atoms with Gasteiger partial charge in [-0.3, -0.25) is 9.50 Å². The van der Waals surface area contributed by atoms with Crippen LogP contribution in [0.15, 0.2) is 18.3 Å². The summed E-state index contributed by atoms with van der Waals surface area (Å²) in [6, 6.07) is 2.92. The molecule has 3 heterocycles. The van der Waals surface area contributed by atoms with Gasteiger partial charge in [-0.15, -0.1) is 0 Å². The quantitative estimate of drug-likeness (QED) is 0.712. The molecule has 0 spiro atoms. The Morgan fingerprint density at radius 2 is 2.05 bits per heavy atom. The smallest absolute Gasteiger partial charge is 0.308 e. The Bertz CT molecular complexity index is 806. The van der Waals surface area contributed by atoms with E-state index in [0.29, 0.717) is 5.82 Å². The molecule has 3 rings (SSSR count). The fourth-order valence-electron chi connectivity index (χ4n) is 1.78. The molecule has 0 amide bonds. The molecule has 3 aromatic heterocycles. The van der Waals surface area contributed by atoms with Gasteiger partial charge in [-0.2, -0.15) is 18.3 Å². The summed E-state index contributed by atoms with van der Waals surface area (Å²) in [6.45, 7) is 1.79. The summed E-state index contributed by atoms with van der Waals surface area (Å²) in [5.41, 5.74) is -0.192. The first-order chi connectivity index (χ1) is 9.83. The zero-order valence-corrected chi connectivity index (χ0v) is 11.3. The largest absolute Gasteiger partial charge is 0.434 e. The molecular formula is C11H8ClF3N6. The Kier molecular flexibility index (Phi) is 3.01. The number of H-pyrrole nitrogens is 1. The zero-order chi connectivity index (χ0) is 15.2. The van der Waals surface area contributed by atoms with Gasteiger partial charge in [-0.05, 0) is 6.92 Å². The van der Waals surface area contributed by atoms with E-state index in [1.54, 1.807) is 13.0 Å². The highest BCUT2D eigenvalue weighted by Crippen LogP contribution is 2.30. The van der Waals surface area contributed by atoms with Crippen molar-refractivity contribution >= 4 is 29.0 Å². The number of rotatable bonds is 2. The second-order valence-corrected chi connectivity index (χ2v) is 4.70. The Morgan fingerprint density at radius 3 is 2.67 bits per heavy atom. The number of anilines is 2. The molecule has 0 aliphatic heterocycles. The molecule has 110 valence electrons. The van der Waals surface area contributed by atoms with Gasteiger partial charge in [-0.25, -0.2) is 9.97 Å². The first-order valence-electron chi connectivity index (χ1n) is 5.75. The third kappa shape index (κ3) is 2.64. The highest BCUT2D eigenvalue weighted by molar-refractivity contribution is 6.29. The number of aromatic nitrogens is 5. The summed E-state index contributed by atoms with van der Waals surface area (Å²) in [5.74, 6) is 0.498. The first-order valence-corrected chi connectivity index (χ1v) is 6.12. The van der Waals surface area contributed by atoms with Crippen LogP contribution in [-0.2, 0) is 6.18 Å². The van der Waals surface area contributed by atoms with Crippen molar-refractivity contribution in [2.45, 2.75) is 13.1 Å². The number of fused-ring (bicyclic) bond motifs is 1. The number of aryl methyl sites for hydroxylation is 1. The molecule has 6 nitrogen and oxygen atoms in total. The van der Waals surface area contributed by atoms with Crippen LogP contribution < -0.4 is 5.32 Å². The number of nitrogens with zero attached hydrogens (tertiary/aromatic N) is 4. The zero-order valence-electron chi connectivity index (χ0n) is 10.5. The average molecular weight is 317 g/mol. The van der Waals surface area contributed by atoms with Crippen molar-refractivity contribution in [1.29, 1.82) is 0 Å². The van der Waals surface area contributed by atoms with Gasteiger partial charge in [0, 0.05) is 24.0 Å². The van der Waals surface area contributed by atoms with Crippen molar-refractivity contribution < 1.29 is 13.2 Å². The lowest BCUT2D eigenvalue weighted by Gasteiger charge is -2.05. The fourth-order valence-corrected chi connectivity index (χ4v) is 1.96. The molecule has 2 N–H and O–H groups in total. The van der Waals surface area contributed by atoms with E-state index in [0.717, 1.165) is 11.9 Å². The van der Waals surface area contributed by atoms with Gasteiger partial charge in [0.05, 0.1) is 0 Å². The van der Waals surface area contributed by atoms with Crippen LogP contribution in [0.3, 0.4) is 0 Å². The van der Waals surface area contributed by atoms with E-state index in [9.17, 15) is 13.2 Å². The molecular weight excluding hydrogens is 309 g/mol. The third-order valence-corrected chi connectivity index (χ3v) is 2.85. The maximum absolute atomic E-state index is 12.7. The molecule has 3 aromatic rings. The molecule has 0 aliphatic rings. The van der Waals surface area contributed by atoms with Crippen molar-refractivity contribution in [1.82, 2.24) is 24.6 Å². The number of halogens is 4. The summed E-state index contributed by atoms with van der Waals surface area (Å²) < 4.78 is 39.3. The second-order valence-electron chi connectivity index (χ2n) is 4.32. The molecule has 0 bridgehead atoms. The minimum atomic E-state index is -4.54. The monoisotopic (exact) mass is 316 g/mol. The molecule has 0 aliphatic carbocycles. The molecule has 0 saturated carbocycles. The van der Waals surface area contributed by atoms with E-state index in [2.05, 4.69) is 25.5 Å².